The van der Waals surface area contributed by atoms with E-state index in [1.165, 1.54) is 11.3 Å². The Morgan fingerprint density at radius 2 is 2.33 bits per heavy atom. The van der Waals surface area contributed by atoms with E-state index in [4.69, 9.17) is 10.2 Å². The van der Waals surface area contributed by atoms with Gasteiger partial charge in [-0.25, -0.2) is 0 Å². The van der Waals surface area contributed by atoms with E-state index in [0.29, 0.717) is 12.3 Å². The molecule has 0 aliphatic rings. The predicted molar refractivity (Wildman–Crippen MR) is 58.9 cm³/mol. The first-order valence-electron chi connectivity index (χ1n) is 4.42. The van der Waals surface area contributed by atoms with Gasteiger partial charge in [0.15, 0.2) is 5.76 Å². The molecule has 0 aliphatic heterocycles. The van der Waals surface area contributed by atoms with Crippen molar-refractivity contribution in [1.82, 2.24) is 0 Å². The maximum absolute atomic E-state index is 11.6. The summed E-state index contributed by atoms with van der Waals surface area (Å²) in [4.78, 5) is 11.6. The molecule has 0 radical (unpaired) electrons. The number of nitrogens with one attached hydrogen (secondary N) is 1. The topological polar surface area (TPSA) is 68.3 Å². The monoisotopic (exact) mass is 222 g/mol. The summed E-state index contributed by atoms with van der Waals surface area (Å²) in [5, 5.41) is 6.46. The molecule has 0 aromatic carbocycles. The van der Waals surface area contributed by atoms with Gasteiger partial charge in [-0.2, -0.15) is 11.3 Å². The fourth-order valence-electron chi connectivity index (χ4n) is 1.14. The number of amides is 1. The van der Waals surface area contributed by atoms with Crippen LogP contribution in [0.4, 0.5) is 5.69 Å². The Morgan fingerprint density at radius 3 is 2.93 bits per heavy atom. The number of furan rings is 1. The van der Waals surface area contributed by atoms with Crippen molar-refractivity contribution >= 4 is 22.9 Å². The van der Waals surface area contributed by atoms with Crippen LogP contribution in [0.25, 0.3) is 0 Å². The molecule has 1 amide bonds. The number of anilines is 1. The number of hydrogen-bond acceptors (Lipinski definition) is 4. The van der Waals surface area contributed by atoms with E-state index in [1.807, 2.05) is 16.8 Å². The van der Waals surface area contributed by atoms with Crippen molar-refractivity contribution < 1.29 is 9.21 Å². The Kier molecular flexibility index (Phi) is 2.84. The molecule has 2 heterocycles. The minimum absolute atomic E-state index is 0.256. The molecule has 0 saturated carbocycles. The van der Waals surface area contributed by atoms with Crippen LogP contribution in [0.1, 0.15) is 16.3 Å². The van der Waals surface area contributed by atoms with Crippen molar-refractivity contribution in [3.8, 4) is 0 Å². The summed E-state index contributed by atoms with van der Waals surface area (Å²) in [5.74, 6) is 0.625. The highest BCUT2D eigenvalue weighted by Crippen LogP contribution is 2.14. The van der Waals surface area contributed by atoms with Crippen LogP contribution in [0, 0.1) is 0 Å². The molecule has 78 valence electrons. The smallest absolute Gasteiger partial charge is 0.291 e. The van der Waals surface area contributed by atoms with E-state index >= 15 is 0 Å². The molecule has 3 N–H and O–H groups in total. The first-order valence-corrected chi connectivity index (χ1v) is 5.36. The lowest BCUT2D eigenvalue weighted by Crippen LogP contribution is -2.10. The predicted octanol–water partition coefficient (Wildman–Crippen LogP) is 2.05. The van der Waals surface area contributed by atoms with Crippen LogP contribution in [-0.2, 0) is 6.54 Å². The third kappa shape index (κ3) is 2.26. The first kappa shape index (κ1) is 9.95. The van der Waals surface area contributed by atoms with Crippen molar-refractivity contribution in [1.29, 1.82) is 0 Å². The third-order valence-electron chi connectivity index (χ3n) is 1.87. The largest absolute Gasteiger partial charge is 0.455 e. The third-order valence-corrected chi connectivity index (χ3v) is 2.55. The van der Waals surface area contributed by atoms with Crippen molar-refractivity contribution in [3.05, 3.63) is 40.5 Å². The summed E-state index contributed by atoms with van der Waals surface area (Å²) < 4.78 is 5.21. The number of rotatable bonds is 3. The van der Waals surface area contributed by atoms with Gasteiger partial charge in [-0.1, -0.05) is 0 Å². The molecule has 0 spiro atoms. The highest BCUT2D eigenvalue weighted by Gasteiger charge is 2.10. The van der Waals surface area contributed by atoms with Gasteiger partial charge in [0.25, 0.3) is 5.91 Å². The standard InChI is InChI=1S/C10H10N2O2S/c11-5-8-1-2-9(14-8)10(13)12-7-3-4-15-6-7/h1-4,6H,5,11H2,(H,12,13). The van der Waals surface area contributed by atoms with Gasteiger partial charge in [-0.15, -0.1) is 0 Å². The molecular weight excluding hydrogens is 212 g/mol. The second-order valence-electron chi connectivity index (χ2n) is 2.94. The van der Waals surface area contributed by atoms with Crippen LogP contribution in [0.2, 0.25) is 0 Å². The second kappa shape index (κ2) is 4.29. The van der Waals surface area contributed by atoms with E-state index in [-0.39, 0.29) is 11.7 Å². The number of nitrogens with two attached hydrogens (primary N) is 1. The van der Waals surface area contributed by atoms with E-state index in [2.05, 4.69) is 5.32 Å². The molecule has 0 unspecified atom stereocenters. The maximum atomic E-state index is 11.6. The van der Waals surface area contributed by atoms with Gasteiger partial charge in [0.05, 0.1) is 12.2 Å². The Labute approximate surface area is 90.7 Å². The van der Waals surface area contributed by atoms with Gasteiger partial charge < -0.3 is 15.5 Å². The minimum atomic E-state index is -0.256. The maximum Gasteiger partial charge on any atom is 0.291 e. The fourth-order valence-corrected chi connectivity index (χ4v) is 1.73. The molecule has 0 bridgehead atoms. The molecule has 0 fully saturated rings. The van der Waals surface area contributed by atoms with Gasteiger partial charge in [0.2, 0.25) is 0 Å². The fraction of sp³-hybridized carbons (Fsp3) is 0.100. The zero-order valence-electron chi connectivity index (χ0n) is 7.90. The Bertz CT molecular complexity index is 448. The van der Waals surface area contributed by atoms with E-state index in [9.17, 15) is 4.79 Å². The molecule has 0 aliphatic carbocycles. The second-order valence-corrected chi connectivity index (χ2v) is 3.72. The highest BCUT2D eigenvalue weighted by molar-refractivity contribution is 7.08. The number of thiophene rings is 1. The SMILES string of the molecule is NCc1ccc(C(=O)Nc2ccsc2)o1. The quantitative estimate of drug-likeness (QED) is 0.835. The lowest BCUT2D eigenvalue weighted by atomic mass is 10.4. The molecule has 15 heavy (non-hydrogen) atoms. The summed E-state index contributed by atoms with van der Waals surface area (Å²) >= 11 is 1.52. The van der Waals surface area contributed by atoms with E-state index in [1.54, 1.807) is 12.1 Å². The summed E-state index contributed by atoms with van der Waals surface area (Å²) in [6.07, 6.45) is 0. The summed E-state index contributed by atoms with van der Waals surface area (Å²) in [5.41, 5.74) is 6.15. The minimum Gasteiger partial charge on any atom is -0.455 e. The van der Waals surface area contributed by atoms with E-state index in [0.717, 1.165) is 5.69 Å². The average Bonchev–Trinajstić information content (AvgIpc) is 2.86. The van der Waals surface area contributed by atoms with Crippen LogP contribution in [0.5, 0.6) is 0 Å². The molecule has 0 saturated heterocycles. The Morgan fingerprint density at radius 1 is 1.47 bits per heavy atom. The number of hydrogen-bond donors (Lipinski definition) is 2. The van der Waals surface area contributed by atoms with Crippen LogP contribution >= 0.6 is 11.3 Å². The van der Waals surface area contributed by atoms with Crippen LogP contribution < -0.4 is 11.1 Å². The summed E-state index contributed by atoms with van der Waals surface area (Å²) in [6, 6.07) is 5.14. The van der Waals surface area contributed by atoms with Crippen LogP contribution in [0.15, 0.2) is 33.4 Å². The van der Waals surface area contributed by atoms with Crippen LogP contribution in [0.3, 0.4) is 0 Å². The zero-order chi connectivity index (χ0) is 10.7. The molecule has 2 aromatic heterocycles. The molecule has 4 nitrogen and oxygen atoms in total. The van der Waals surface area contributed by atoms with Crippen molar-refractivity contribution in [2.75, 3.05) is 5.32 Å². The zero-order valence-corrected chi connectivity index (χ0v) is 8.71. The van der Waals surface area contributed by atoms with E-state index < -0.39 is 0 Å². The van der Waals surface area contributed by atoms with Gasteiger partial charge in [-0.05, 0) is 23.6 Å². The molecular formula is C10H10N2O2S. The molecule has 5 heteroatoms. The number of carbonyl (C=O) groups is 1. The van der Waals surface area contributed by atoms with Gasteiger partial charge in [0, 0.05) is 5.38 Å². The molecule has 0 atom stereocenters. The highest BCUT2D eigenvalue weighted by atomic mass is 32.1. The van der Waals surface area contributed by atoms with Gasteiger partial charge in [-0.3, -0.25) is 4.79 Å². The normalized spacial score (nSPS) is 10.2. The average molecular weight is 222 g/mol. The summed E-state index contributed by atoms with van der Waals surface area (Å²) in [6.45, 7) is 0.297. The van der Waals surface area contributed by atoms with Gasteiger partial charge >= 0.3 is 0 Å². The molecule has 2 rings (SSSR count). The first-order chi connectivity index (χ1) is 7.29. The molecule has 2 aromatic rings. The lowest BCUT2D eigenvalue weighted by molar-refractivity contribution is 0.0995. The van der Waals surface area contributed by atoms with Gasteiger partial charge in [0.1, 0.15) is 5.76 Å². The van der Waals surface area contributed by atoms with Crippen LogP contribution in [-0.4, -0.2) is 5.91 Å². The van der Waals surface area contributed by atoms with Crippen molar-refractivity contribution in [2.24, 2.45) is 5.73 Å². The number of carbonyl (C=O) groups excluding carboxylic acids is 1. The lowest BCUT2D eigenvalue weighted by Gasteiger charge is -1.98. The summed E-state index contributed by atoms with van der Waals surface area (Å²) in [7, 11) is 0. The van der Waals surface area contributed by atoms with Crippen molar-refractivity contribution in [2.45, 2.75) is 6.54 Å². The Balaban J connectivity index is 2.08. The van der Waals surface area contributed by atoms with Crippen molar-refractivity contribution in [3.63, 3.8) is 0 Å². The Hall–Kier alpha value is -1.59.